The van der Waals surface area contributed by atoms with Crippen LogP contribution in [0, 0.1) is 0 Å². The molecular weight excluding hydrogens is 377 g/mol. The second-order valence-electron chi connectivity index (χ2n) is 9.62. The Morgan fingerprint density at radius 3 is 2.03 bits per heavy atom. The molecule has 2 rings (SSSR count). The highest BCUT2D eigenvalue weighted by Gasteiger charge is 2.35. The van der Waals surface area contributed by atoms with Crippen LogP contribution in [0.1, 0.15) is 76.6 Å². The minimum atomic E-state index is -4.82. The number of hydrogen-bond acceptors (Lipinski definition) is 2. The third kappa shape index (κ3) is 5.91. The van der Waals surface area contributed by atoms with Crippen LogP contribution in [0.2, 0.25) is 0 Å². The predicted molar refractivity (Wildman–Crippen MR) is 111 cm³/mol. The number of hydrogen-bond donors (Lipinski definition) is 1. The van der Waals surface area contributed by atoms with Gasteiger partial charge in [-0.3, -0.25) is 0 Å². The summed E-state index contributed by atoms with van der Waals surface area (Å²) < 4.78 is 42.8. The maximum Gasteiger partial charge on any atom is 0.573 e. The van der Waals surface area contributed by atoms with Gasteiger partial charge >= 0.3 is 6.36 Å². The molecule has 0 aliphatic rings. The summed E-state index contributed by atoms with van der Waals surface area (Å²) in [5.41, 5.74) is 3.31. The van der Waals surface area contributed by atoms with E-state index in [4.69, 9.17) is 0 Å². The molecule has 0 saturated heterocycles. The Balaban J connectivity index is 2.47. The van der Waals surface area contributed by atoms with Crippen LogP contribution in [0.15, 0.2) is 36.4 Å². The number of phenols is 1. The number of rotatable bonds is 5. The second kappa shape index (κ2) is 7.92. The van der Waals surface area contributed by atoms with Crippen LogP contribution in [0.25, 0.3) is 0 Å². The molecule has 2 aromatic rings. The SMILES string of the molecule is CC(C)c1ccc(CC(C)(C)c2ccc(O)cc2OC(F)(F)F)cc1C(C)(C)C. The largest absolute Gasteiger partial charge is 0.573 e. The van der Waals surface area contributed by atoms with E-state index in [9.17, 15) is 18.3 Å². The first-order valence-electron chi connectivity index (χ1n) is 9.83. The molecule has 2 aromatic carbocycles. The summed E-state index contributed by atoms with van der Waals surface area (Å²) in [5, 5.41) is 9.65. The lowest BCUT2D eigenvalue weighted by Gasteiger charge is -2.30. The highest BCUT2D eigenvalue weighted by Crippen LogP contribution is 2.40. The normalized spacial score (nSPS) is 13.1. The van der Waals surface area contributed by atoms with Gasteiger partial charge in [-0.2, -0.15) is 0 Å². The van der Waals surface area contributed by atoms with Crippen molar-refractivity contribution >= 4 is 0 Å². The van der Waals surface area contributed by atoms with Gasteiger partial charge in [-0.1, -0.05) is 72.7 Å². The van der Waals surface area contributed by atoms with Gasteiger partial charge in [0.1, 0.15) is 11.5 Å². The quantitative estimate of drug-likeness (QED) is 0.565. The highest BCUT2D eigenvalue weighted by atomic mass is 19.4. The summed E-state index contributed by atoms with van der Waals surface area (Å²) in [6.45, 7) is 14.6. The number of phenolic OH excluding ortho intramolecular Hbond substituents is 1. The first-order chi connectivity index (χ1) is 13.1. The third-order valence-corrected chi connectivity index (χ3v) is 5.11. The molecule has 1 N–H and O–H groups in total. The van der Waals surface area contributed by atoms with Crippen LogP contribution in [-0.4, -0.2) is 11.5 Å². The molecule has 0 aliphatic heterocycles. The van der Waals surface area contributed by atoms with Gasteiger partial charge in [0, 0.05) is 11.6 Å². The molecule has 0 radical (unpaired) electrons. The Labute approximate surface area is 171 Å². The Morgan fingerprint density at radius 1 is 0.897 bits per heavy atom. The first kappa shape index (κ1) is 23.1. The summed E-state index contributed by atoms with van der Waals surface area (Å²) in [5.74, 6) is -0.243. The van der Waals surface area contributed by atoms with Gasteiger partial charge in [-0.25, -0.2) is 0 Å². The van der Waals surface area contributed by atoms with Crippen molar-refractivity contribution in [2.24, 2.45) is 0 Å². The molecule has 5 heteroatoms. The molecular formula is C24H31F3O2. The van der Waals surface area contributed by atoms with Crippen molar-refractivity contribution in [3.05, 3.63) is 58.7 Å². The zero-order chi connectivity index (χ0) is 22.2. The Morgan fingerprint density at radius 2 is 1.52 bits per heavy atom. The number of aromatic hydroxyl groups is 1. The van der Waals surface area contributed by atoms with Gasteiger partial charge in [-0.05, 0) is 45.9 Å². The van der Waals surface area contributed by atoms with Gasteiger partial charge < -0.3 is 9.84 Å². The van der Waals surface area contributed by atoms with Gasteiger partial charge in [0.2, 0.25) is 0 Å². The van der Waals surface area contributed by atoms with Crippen LogP contribution in [0.4, 0.5) is 13.2 Å². The van der Waals surface area contributed by atoms with E-state index in [-0.39, 0.29) is 16.9 Å². The fourth-order valence-corrected chi connectivity index (χ4v) is 3.75. The fraction of sp³-hybridized carbons (Fsp3) is 0.500. The van der Waals surface area contributed by atoms with E-state index in [1.165, 1.54) is 23.3 Å². The zero-order valence-electron chi connectivity index (χ0n) is 18.2. The number of alkyl halides is 3. The molecule has 0 heterocycles. The fourth-order valence-electron chi connectivity index (χ4n) is 3.75. The second-order valence-corrected chi connectivity index (χ2v) is 9.62. The monoisotopic (exact) mass is 408 g/mol. The lowest BCUT2D eigenvalue weighted by molar-refractivity contribution is -0.275. The van der Waals surface area contributed by atoms with E-state index in [2.05, 4.69) is 57.6 Å². The number of benzene rings is 2. The molecule has 2 nitrogen and oxygen atoms in total. The standard InChI is InChI=1S/C24H31F3O2/c1-15(2)18-10-8-16(12-20(18)22(3,4)5)14-23(6,7)19-11-9-17(28)13-21(19)29-24(25,26)27/h8-13,15,28H,14H2,1-7H3. The lowest BCUT2D eigenvalue weighted by Crippen LogP contribution is -2.25. The van der Waals surface area contributed by atoms with E-state index in [1.54, 1.807) is 0 Å². The van der Waals surface area contributed by atoms with Gasteiger partial charge in [0.05, 0.1) is 0 Å². The van der Waals surface area contributed by atoms with E-state index < -0.39 is 11.8 Å². The topological polar surface area (TPSA) is 29.5 Å². The van der Waals surface area contributed by atoms with Crippen LogP contribution < -0.4 is 4.74 Å². The van der Waals surface area contributed by atoms with E-state index in [0.29, 0.717) is 17.9 Å². The van der Waals surface area contributed by atoms with Gasteiger partial charge in [-0.15, -0.1) is 13.2 Å². The number of halogens is 3. The maximum absolute atomic E-state index is 12.9. The van der Waals surface area contributed by atoms with Crippen molar-refractivity contribution in [3.63, 3.8) is 0 Å². The van der Waals surface area contributed by atoms with Crippen molar-refractivity contribution < 1.29 is 23.0 Å². The van der Waals surface area contributed by atoms with Crippen LogP contribution in [0.3, 0.4) is 0 Å². The predicted octanol–water partition coefficient (Wildman–Crippen LogP) is 7.23. The molecule has 0 saturated carbocycles. The van der Waals surface area contributed by atoms with Crippen LogP contribution >= 0.6 is 0 Å². The van der Waals surface area contributed by atoms with E-state index in [0.717, 1.165) is 11.6 Å². The molecule has 0 unspecified atom stereocenters. The van der Waals surface area contributed by atoms with E-state index in [1.807, 2.05) is 13.8 Å². The smallest absolute Gasteiger partial charge is 0.508 e. The van der Waals surface area contributed by atoms with Crippen molar-refractivity contribution in [1.82, 2.24) is 0 Å². The molecule has 0 fully saturated rings. The minimum Gasteiger partial charge on any atom is -0.508 e. The van der Waals surface area contributed by atoms with Crippen LogP contribution in [0.5, 0.6) is 11.5 Å². The molecule has 0 spiro atoms. The van der Waals surface area contributed by atoms with E-state index >= 15 is 0 Å². The Bertz CT molecular complexity index is 859. The van der Waals surface area contributed by atoms with Gasteiger partial charge in [0.15, 0.2) is 0 Å². The summed E-state index contributed by atoms with van der Waals surface area (Å²) >= 11 is 0. The summed E-state index contributed by atoms with van der Waals surface area (Å²) in [6, 6.07) is 10.3. The molecule has 0 amide bonds. The summed E-state index contributed by atoms with van der Waals surface area (Å²) in [4.78, 5) is 0. The van der Waals surface area contributed by atoms with Crippen molar-refractivity contribution in [2.45, 2.75) is 78.0 Å². The summed E-state index contributed by atoms with van der Waals surface area (Å²) in [6.07, 6.45) is -4.29. The Hall–Kier alpha value is -2.17. The molecule has 160 valence electrons. The first-order valence-corrected chi connectivity index (χ1v) is 9.83. The third-order valence-electron chi connectivity index (χ3n) is 5.11. The van der Waals surface area contributed by atoms with Crippen molar-refractivity contribution in [1.29, 1.82) is 0 Å². The molecule has 29 heavy (non-hydrogen) atoms. The molecule has 0 aliphatic carbocycles. The zero-order valence-corrected chi connectivity index (χ0v) is 18.2. The molecule has 0 bridgehead atoms. The highest BCUT2D eigenvalue weighted by molar-refractivity contribution is 5.46. The van der Waals surface area contributed by atoms with Crippen molar-refractivity contribution in [3.8, 4) is 11.5 Å². The minimum absolute atomic E-state index is 0.0388. The maximum atomic E-state index is 12.9. The average Bonchev–Trinajstić information content (AvgIpc) is 2.51. The average molecular weight is 409 g/mol. The summed E-state index contributed by atoms with van der Waals surface area (Å²) in [7, 11) is 0. The molecule has 0 atom stereocenters. The Kier molecular flexibility index (Phi) is 6.32. The van der Waals surface area contributed by atoms with Gasteiger partial charge in [0.25, 0.3) is 0 Å². The lowest BCUT2D eigenvalue weighted by atomic mass is 9.75. The number of ether oxygens (including phenoxy) is 1. The van der Waals surface area contributed by atoms with Crippen LogP contribution in [-0.2, 0) is 17.3 Å². The molecule has 0 aromatic heterocycles. The van der Waals surface area contributed by atoms with Crippen molar-refractivity contribution in [2.75, 3.05) is 0 Å².